The molecule has 0 spiro atoms. The van der Waals surface area contributed by atoms with Crippen molar-refractivity contribution in [2.75, 3.05) is 0 Å². The second kappa shape index (κ2) is 4.81. The van der Waals surface area contributed by atoms with Gasteiger partial charge in [-0.05, 0) is 41.5 Å². The van der Waals surface area contributed by atoms with E-state index >= 15 is 0 Å². The van der Waals surface area contributed by atoms with Gasteiger partial charge in [-0.2, -0.15) is 0 Å². The normalized spacial score (nSPS) is 12.7. The monoisotopic (exact) mass is 232 g/mol. The third-order valence-electron chi connectivity index (χ3n) is 2.88. The van der Waals surface area contributed by atoms with E-state index < -0.39 is 6.10 Å². The Labute approximate surface area is 100 Å². The van der Waals surface area contributed by atoms with E-state index in [2.05, 4.69) is 19.1 Å². The molecule has 0 saturated carbocycles. The molecular formula is C14H16OS. The molecule has 1 unspecified atom stereocenters. The van der Waals surface area contributed by atoms with Crippen molar-refractivity contribution in [1.82, 2.24) is 0 Å². The van der Waals surface area contributed by atoms with Crippen LogP contribution in [0.2, 0.25) is 0 Å². The first-order valence-electron chi connectivity index (χ1n) is 5.54. The number of rotatable bonds is 3. The Morgan fingerprint density at radius 3 is 2.62 bits per heavy atom. The van der Waals surface area contributed by atoms with Gasteiger partial charge in [0.1, 0.15) is 6.10 Å². The summed E-state index contributed by atoms with van der Waals surface area (Å²) >= 11 is 1.62. The second-order valence-corrected chi connectivity index (χ2v) is 4.87. The molecule has 1 aromatic heterocycles. The minimum Gasteiger partial charge on any atom is -0.383 e. The van der Waals surface area contributed by atoms with Crippen LogP contribution in [0.15, 0.2) is 35.7 Å². The molecule has 0 bridgehead atoms. The van der Waals surface area contributed by atoms with Crippen LogP contribution in [-0.2, 0) is 6.42 Å². The smallest absolute Gasteiger partial charge is 0.114 e. The number of benzene rings is 1. The van der Waals surface area contributed by atoms with Crippen LogP contribution in [0.1, 0.15) is 34.6 Å². The van der Waals surface area contributed by atoms with E-state index in [1.807, 2.05) is 30.5 Å². The molecule has 1 aromatic carbocycles. The van der Waals surface area contributed by atoms with Gasteiger partial charge in [-0.1, -0.05) is 31.2 Å². The highest BCUT2D eigenvalue weighted by atomic mass is 32.1. The highest BCUT2D eigenvalue weighted by molar-refractivity contribution is 7.10. The number of hydrogen-bond acceptors (Lipinski definition) is 2. The van der Waals surface area contributed by atoms with Crippen LogP contribution < -0.4 is 0 Å². The van der Waals surface area contributed by atoms with E-state index in [-0.39, 0.29) is 0 Å². The van der Waals surface area contributed by atoms with Crippen LogP contribution in [-0.4, -0.2) is 5.11 Å². The summed E-state index contributed by atoms with van der Waals surface area (Å²) in [6.45, 7) is 4.16. The summed E-state index contributed by atoms with van der Waals surface area (Å²) < 4.78 is 0. The Morgan fingerprint density at radius 1 is 1.25 bits per heavy atom. The van der Waals surface area contributed by atoms with Gasteiger partial charge < -0.3 is 5.11 Å². The lowest BCUT2D eigenvalue weighted by Gasteiger charge is -2.14. The van der Waals surface area contributed by atoms with Crippen LogP contribution in [0.5, 0.6) is 0 Å². The SMILES string of the molecule is CCc1ccccc1C(O)c1sccc1C. The molecule has 1 heterocycles. The minimum absolute atomic E-state index is 0.476. The van der Waals surface area contributed by atoms with Crippen LogP contribution in [0.3, 0.4) is 0 Å². The van der Waals surface area contributed by atoms with Crippen molar-refractivity contribution in [2.45, 2.75) is 26.4 Å². The average molecular weight is 232 g/mol. The third-order valence-corrected chi connectivity index (χ3v) is 3.95. The van der Waals surface area contributed by atoms with Crippen molar-refractivity contribution in [3.8, 4) is 0 Å². The maximum atomic E-state index is 10.4. The summed E-state index contributed by atoms with van der Waals surface area (Å²) in [5.74, 6) is 0. The number of aryl methyl sites for hydroxylation is 2. The van der Waals surface area contributed by atoms with Crippen molar-refractivity contribution >= 4 is 11.3 Å². The molecule has 0 aliphatic rings. The first-order chi connectivity index (χ1) is 7.74. The van der Waals surface area contributed by atoms with Crippen molar-refractivity contribution in [3.63, 3.8) is 0 Å². The predicted molar refractivity (Wildman–Crippen MR) is 68.9 cm³/mol. The first kappa shape index (κ1) is 11.4. The van der Waals surface area contributed by atoms with Gasteiger partial charge in [-0.3, -0.25) is 0 Å². The molecule has 1 nitrogen and oxygen atoms in total. The quantitative estimate of drug-likeness (QED) is 0.855. The maximum absolute atomic E-state index is 10.4. The standard InChI is InChI=1S/C14H16OS/c1-3-11-6-4-5-7-12(11)13(15)14-10(2)8-9-16-14/h4-9,13,15H,3H2,1-2H3. The summed E-state index contributed by atoms with van der Waals surface area (Å²) in [4.78, 5) is 1.06. The van der Waals surface area contributed by atoms with Crippen molar-refractivity contribution < 1.29 is 5.11 Å². The average Bonchev–Trinajstić information content (AvgIpc) is 2.74. The van der Waals surface area contributed by atoms with Gasteiger partial charge in [-0.25, -0.2) is 0 Å². The van der Waals surface area contributed by atoms with Gasteiger partial charge in [0.2, 0.25) is 0 Å². The Morgan fingerprint density at radius 2 is 2.00 bits per heavy atom. The molecule has 0 saturated heterocycles. The van der Waals surface area contributed by atoms with Crippen LogP contribution >= 0.6 is 11.3 Å². The van der Waals surface area contributed by atoms with Gasteiger partial charge in [-0.15, -0.1) is 11.3 Å². The first-order valence-corrected chi connectivity index (χ1v) is 6.42. The summed E-state index contributed by atoms with van der Waals surface area (Å²) in [7, 11) is 0. The van der Waals surface area contributed by atoms with Gasteiger partial charge in [0.05, 0.1) is 0 Å². The number of hydrogen-bond donors (Lipinski definition) is 1. The molecule has 0 amide bonds. The number of aliphatic hydroxyl groups excluding tert-OH is 1. The topological polar surface area (TPSA) is 20.2 Å². The van der Waals surface area contributed by atoms with E-state index in [0.717, 1.165) is 16.9 Å². The lowest BCUT2D eigenvalue weighted by Crippen LogP contribution is -2.02. The molecule has 84 valence electrons. The fourth-order valence-electron chi connectivity index (χ4n) is 1.93. The number of thiophene rings is 1. The molecule has 16 heavy (non-hydrogen) atoms. The van der Waals surface area contributed by atoms with Crippen molar-refractivity contribution in [2.24, 2.45) is 0 Å². The van der Waals surface area contributed by atoms with Crippen LogP contribution in [0.25, 0.3) is 0 Å². The molecule has 0 radical (unpaired) electrons. The summed E-state index contributed by atoms with van der Waals surface area (Å²) in [6, 6.07) is 10.2. The highest BCUT2D eigenvalue weighted by Gasteiger charge is 2.16. The van der Waals surface area contributed by atoms with Gasteiger partial charge >= 0.3 is 0 Å². The van der Waals surface area contributed by atoms with Crippen molar-refractivity contribution in [3.05, 3.63) is 57.3 Å². The van der Waals surface area contributed by atoms with Gasteiger partial charge in [0.25, 0.3) is 0 Å². The Hall–Kier alpha value is -1.12. The summed E-state index contributed by atoms with van der Waals surface area (Å²) in [5, 5.41) is 12.4. The molecule has 0 fully saturated rings. The fourth-order valence-corrected chi connectivity index (χ4v) is 2.86. The lowest BCUT2D eigenvalue weighted by atomic mass is 9.98. The fraction of sp³-hybridized carbons (Fsp3) is 0.286. The molecule has 1 N–H and O–H groups in total. The Balaban J connectivity index is 2.41. The number of aliphatic hydroxyl groups is 1. The largest absolute Gasteiger partial charge is 0.383 e. The van der Waals surface area contributed by atoms with Gasteiger partial charge in [0, 0.05) is 4.88 Å². The highest BCUT2D eigenvalue weighted by Crippen LogP contribution is 2.31. The van der Waals surface area contributed by atoms with E-state index in [1.54, 1.807) is 11.3 Å². The maximum Gasteiger partial charge on any atom is 0.114 e. The zero-order valence-electron chi connectivity index (χ0n) is 9.60. The lowest BCUT2D eigenvalue weighted by molar-refractivity contribution is 0.222. The zero-order chi connectivity index (χ0) is 11.5. The van der Waals surface area contributed by atoms with Crippen LogP contribution in [0, 0.1) is 6.92 Å². The molecule has 1 atom stereocenters. The molecule has 2 heteroatoms. The molecule has 2 rings (SSSR count). The molecular weight excluding hydrogens is 216 g/mol. The molecule has 0 aliphatic heterocycles. The Kier molecular flexibility index (Phi) is 3.42. The minimum atomic E-state index is -0.476. The molecule has 0 aliphatic carbocycles. The summed E-state index contributed by atoms with van der Waals surface area (Å²) in [6.07, 6.45) is 0.480. The van der Waals surface area contributed by atoms with E-state index in [4.69, 9.17) is 0 Å². The van der Waals surface area contributed by atoms with Crippen LogP contribution in [0.4, 0.5) is 0 Å². The second-order valence-electron chi connectivity index (χ2n) is 3.92. The van der Waals surface area contributed by atoms with Gasteiger partial charge in [0.15, 0.2) is 0 Å². The third kappa shape index (κ3) is 2.04. The predicted octanol–water partition coefficient (Wildman–Crippen LogP) is 3.70. The van der Waals surface area contributed by atoms with Crippen molar-refractivity contribution in [1.29, 1.82) is 0 Å². The molecule has 2 aromatic rings. The zero-order valence-corrected chi connectivity index (χ0v) is 10.4. The Bertz CT molecular complexity index is 473. The van der Waals surface area contributed by atoms with E-state index in [1.165, 1.54) is 11.1 Å². The van der Waals surface area contributed by atoms with E-state index in [9.17, 15) is 5.11 Å². The summed E-state index contributed by atoms with van der Waals surface area (Å²) in [5.41, 5.74) is 3.43. The van der Waals surface area contributed by atoms with E-state index in [0.29, 0.717) is 0 Å².